The van der Waals surface area contributed by atoms with Crippen molar-refractivity contribution in [2.24, 2.45) is 0 Å². The molecule has 0 radical (unpaired) electrons. The second-order valence-corrected chi connectivity index (χ2v) is 5.54. The molecule has 0 saturated carbocycles. The number of alkyl halides is 3. The molecule has 0 aliphatic rings. The van der Waals surface area contributed by atoms with Gasteiger partial charge in [-0.2, -0.15) is 13.2 Å². The van der Waals surface area contributed by atoms with Gasteiger partial charge in [0.25, 0.3) is 0 Å². The normalized spacial score (nSPS) is 10.6. The van der Waals surface area contributed by atoms with Gasteiger partial charge in [-0.25, -0.2) is 9.59 Å². The van der Waals surface area contributed by atoms with Crippen molar-refractivity contribution in [1.29, 1.82) is 0 Å². The summed E-state index contributed by atoms with van der Waals surface area (Å²) in [6, 6.07) is 13.3. The molecular formula is C19H20F3NO5. The van der Waals surface area contributed by atoms with Gasteiger partial charge in [0, 0.05) is 6.54 Å². The third kappa shape index (κ3) is 8.09. The Labute approximate surface area is 159 Å². The van der Waals surface area contributed by atoms with E-state index in [0.717, 1.165) is 23.8 Å². The van der Waals surface area contributed by atoms with Gasteiger partial charge >= 0.3 is 18.1 Å². The van der Waals surface area contributed by atoms with Gasteiger partial charge in [0.05, 0.1) is 12.7 Å². The van der Waals surface area contributed by atoms with Gasteiger partial charge < -0.3 is 20.3 Å². The standard InChI is InChI=1S/C17H18F3NO.C2H2O4/c1-22-15-8-6-13(7-9-15)10-11-21-12-14-4-2-3-5-16(14)17(18,19)20;3-1(4)2(5)6/h2-9,21H,10-12H2,1H3;(H,3,4)(H,5,6). The Bertz CT molecular complexity index is 764. The highest BCUT2D eigenvalue weighted by Gasteiger charge is 2.32. The van der Waals surface area contributed by atoms with Crippen molar-refractivity contribution in [3.63, 3.8) is 0 Å². The summed E-state index contributed by atoms with van der Waals surface area (Å²) in [6.07, 6.45) is -3.56. The largest absolute Gasteiger partial charge is 0.497 e. The molecule has 0 aromatic heterocycles. The predicted molar refractivity (Wildman–Crippen MR) is 95.1 cm³/mol. The van der Waals surface area contributed by atoms with Crippen molar-refractivity contribution in [3.8, 4) is 5.75 Å². The fourth-order valence-corrected chi connectivity index (χ4v) is 2.20. The van der Waals surface area contributed by atoms with Crippen molar-refractivity contribution < 1.29 is 37.7 Å². The van der Waals surface area contributed by atoms with Crippen LogP contribution in [0.15, 0.2) is 48.5 Å². The molecule has 2 aromatic rings. The van der Waals surface area contributed by atoms with Crippen molar-refractivity contribution >= 4 is 11.9 Å². The lowest BCUT2D eigenvalue weighted by Gasteiger charge is -2.13. The smallest absolute Gasteiger partial charge is 0.416 e. The molecule has 0 aliphatic heterocycles. The van der Waals surface area contributed by atoms with Gasteiger partial charge in [-0.05, 0) is 42.3 Å². The van der Waals surface area contributed by atoms with Crippen LogP contribution in [0.4, 0.5) is 13.2 Å². The monoisotopic (exact) mass is 399 g/mol. The molecular weight excluding hydrogens is 379 g/mol. The molecule has 0 bridgehead atoms. The molecule has 6 nitrogen and oxygen atoms in total. The summed E-state index contributed by atoms with van der Waals surface area (Å²) in [5, 5.41) is 17.8. The maximum Gasteiger partial charge on any atom is 0.416 e. The van der Waals surface area contributed by atoms with Gasteiger partial charge in [-0.3, -0.25) is 0 Å². The Morgan fingerprint density at radius 2 is 1.57 bits per heavy atom. The van der Waals surface area contributed by atoms with Crippen LogP contribution in [0.5, 0.6) is 5.75 Å². The Balaban J connectivity index is 0.000000568. The number of rotatable bonds is 6. The second kappa shape index (κ2) is 10.9. The summed E-state index contributed by atoms with van der Waals surface area (Å²) in [5.74, 6) is -2.86. The number of carboxylic acids is 2. The van der Waals surface area contributed by atoms with E-state index in [0.29, 0.717) is 6.54 Å². The molecule has 152 valence electrons. The first-order valence-electron chi connectivity index (χ1n) is 8.10. The first-order valence-corrected chi connectivity index (χ1v) is 8.10. The highest BCUT2D eigenvalue weighted by atomic mass is 19.4. The lowest BCUT2D eigenvalue weighted by atomic mass is 10.1. The molecule has 3 N–H and O–H groups in total. The van der Waals surface area contributed by atoms with Gasteiger partial charge in [-0.1, -0.05) is 30.3 Å². The molecule has 0 unspecified atom stereocenters. The van der Waals surface area contributed by atoms with E-state index in [4.69, 9.17) is 24.5 Å². The number of carbonyl (C=O) groups is 2. The van der Waals surface area contributed by atoms with Crippen LogP contribution in [0.1, 0.15) is 16.7 Å². The first-order chi connectivity index (χ1) is 13.1. The molecule has 9 heteroatoms. The van der Waals surface area contributed by atoms with Crippen LogP contribution >= 0.6 is 0 Å². The molecule has 2 rings (SSSR count). The fourth-order valence-electron chi connectivity index (χ4n) is 2.20. The number of aliphatic carboxylic acids is 2. The van der Waals surface area contributed by atoms with Crippen molar-refractivity contribution in [3.05, 3.63) is 65.2 Å². The maximum absolute atomic E-state index is 12.9. The van der Waals surface area contributed by atoms with E-state index in [1.807, 2.05) is 24.3 Å². The Morgan fingerprint density at radius 1 is 1.00 bits per heavy atom. The van der Waals surface area contributed by atoms with Gasteiger partial charge in [0.1, 0.15) is 5.75 Å². The predicted octanol–water partition coefficient (Wildman–Crippen LogP) is 3.20. The molecule has 28 heavy (non-hydrogen) atoms. The van der Waals surface area contributed by atoms with Crippen molar-refractivity contribution in [2.75, 3.05) is 13.7 Å². The molecule has 0 spiro atoms. The molecule has 0 saturated heterocycles. The number of benzene rings is 2. The molecule has 0 atom stereocenters. The lowest BCUT2D eigenvalue weighted by molar-refractivity contribution is -0.159. The van der Waals surface area contributed by atoms with E-state index in [-0.39, 0.29) is 12.1 Å². The third-order valence-electron chi connectivity index (χ3n) is 3.57. The number of carboxylic acid groups (broad SMARTS) is 2. The van der Waals surface area contributed by atoms with Crippen LogP contribution in [0, 0.1) is 0 Å². The van der Waals surface area contributed by atoms with Crippen LogP contribution < -0.4 is 10.1 Å². The van der Waals surface area contributed by atoms with Crippen molar-refractivity contribution in [1.82, 2.24) is 5.32 Å². The highest BCUT2D eigenvalue weighted by molar-refractivity contribution is 6.27. The molecule has 0 aliphatic carbocycles. The minimum atomic E-state index is -4.31. The van der Waals surface area contributed by atoms with E-state index in [9.17, 15) is 13.2 Å². The van der Waals surface area contributed by atoms with E-state index >= 15 is 0 Å². The number of hydrogen-bond donors (Lipinski definition) is 3. The van der Waals surface area contributed by atoms with Crippen LogP contribution in [-0.4, -0.2) is 35.8 Å². The molecule has 0 heterocycles. The number of halogens is 3. The fraction of sp³-hybridized carbons (Fsp3) is 0.263. The Kier molecular flexibility index (Phi) is 8.97. The van der Waals surface area contributed by atoms with E-state index in [1.165, 1.54) is 12.1 Å². The lowest BCUT2D eigenvalue weighted by Crippen LogP contribution is -2.19. The zero-order valence-corrected chi connectivity index (χ0v) is 15.0. The summed E-state index contributed by atoms with van der Waals surface area (Å²) in [4.78, 5) is 18.2. The number of methoxy groups -OCH3 is 1. The minimum absolute atomic E-state index is 0.200. The Morgan fingerprint density at radius 3 is 2.07 bits per heavy atom. The number of ether oxygens (including phenoxy) is 1. The second-order valence-electron chi connectivity index (χ2n) is 5.54. The van der Waals surface area contributed by atoms with Crippen LogP contribution in [-0.2, 0) is 28.7 Å². The molecule has 0 amide bonds. The first kappa shape index (κ1) is 23.0. The SMILES string of the molecule is COc1ccc(CCNCc2ccccc2C(F)(F)F)cc1.O=C(O)C(=O)O. The number of hydrogen-bond acceptors (Lipinski definition) is 4. The van der Waals surface area contributed by atoms with Crippen LogP contribution in [0.2, 0.25) is 0 Å². The van der Waals surface area contributed by atoms with Crippen molar-refractivity contribution in [2.45, 2.75) is 19.1 Å². The van der Waals surface area contributed by atoms with Crippen LogP contribution in [0.3, 0.4) is 0 Å². The van der Waals surface area contributed by atoms with Crippen LogP contribution in [0.25, 0.3) is 0 Å². The Hall–Kier alpha value is -3.07. The van der Waals surface area contributed by atoms with Gasteiger partial charge in [-0.15, -0.1) is 0 Å². The molecule has 2 aromatic carbocycles. The van der Waals surface area contributed by atoms with E-state index < -0.39 is 23.7 Å². The van der Waals surface area contributed by atoms with E-state index in [1.54, 1.807) is 13.2 Å². The minimum Gasteiger partial charge on any atom is -0.497 e. The van der Waals surface area contributed by atoms with Gasteiger partial charge in [0.2, 0.25) is 0 Å². The number of nitrogens with one attached hydrogen (secondary N) is 1. The van der Waals surface area contributed by atoms with E-state index in [2.05, 4.69) is 5.32 Å². The average molecular weight is 399 g/mol. The zero-order chi connectivity index (χ0) is 21.2. The quantitative estimate of drug-likeness (QED) is 0.510. The summed E-state index contributed by atoms with van der Waals surface area (Å²) >= 11 is 0. The molecule has 0 fully saturated rings. The van der Waals surface area contributed by atoms with Gasteiger partial charge in [0.15, 0.2) is 0 Å². The zero-order valence-electron chi connectivity index (χ0n) is 15.0. The highest BCUT2D eigenvalue weighted by Crippen LogP contribution is 2.31. The summed E-state index contributed by atoms with van der Waals surface area (Å²) in [7, 11) is 1.61. The third-order valence-corrected chi connectivity index (χ3v) is 3.57. The maximum atomic E-state index is 12.9. The summed E-state index contributed by atoms with van der Waals surface area (Å²) in [6.45, 7) is 0.810. The topological polar surface area (TPSA) is 95.9 Å². The average Bonchev–Trinajstić information content (AvgIpc) is 2.65. The summed E-state index contributed by atoms with van der Waals surface area (Å²) < 4.78 is 43.6. The summed E-state index contributed by atoms with van der Waals surface area (Å²) in [5.41, 5.74) is 0.800.